The molecule has 0 spiro atoms. The summed E-state index contributed by atoms with van der Waals surface area (Å²) in [7, 11) is 1.40. The third kappa shape index (κ3) is 6.82. The van der Waals surface area contributed by atoms with E-state index >= 15 is 0 Å². The van der Waals surface area contributed by atoms with Gasteiger partial charge in [-0.3, -0.25) is 10.0 Å². The Labute approximate surface area is 179 Å². The molecule has 0 radical (unpaired) electrons. The lowest BCUT2D eigenvalue weighted by Crippen LogP contribution is -2.29. The van der Waals surface area contributed by atoms with E-state index < -0.39 is 0 Å². The van der Waals surface area contributed by atoms with Crippen molar-refractivity contribution in [3.63, 3.8) is 0 Å². The van der Waals surface area contributed by atoms with Crippen molar-refractivity contribution in [2.45, 2.75) is 82.8 Å². The molecule has 4 nitrogen and oxygen atoms in total. The summed E-state index contributed by atoms with van der Waals surface area (Å²) in [6.07, 6.45) is 14.6. The second kappa shape index (κ2) is 12.1. The predicted octanol–water partition coefficient (Wildman–Crippen LogP) is 5.23. The Bertz CT molecular complexity index is 471. The fourth-order valence-corrected chi connectivity index (χ4v) is 7.77. The fraction of sp³-hybridized carbons (Fsp3) is 0.955. The summed E-state index contributed by atoms with van der Waals surface area (Å²) in [5, 5.41) is 9.79. The molecule has 0 aromatic carbocycles. The van der Waals surface area contributed by atoms with Crippen LogP contribution in [0, 0.1) is 17.8 Å². The highest BCUT2D eigenvalue weighted by molar-refractivity contribution is 7.99. The second-order valence-electron chi connectivity index (χ2n) is 8.94. The fourth-order valence-electron chi connectivity index (χ4n) is 5.19. The van der Waals surface area contributed by atoms with Gasteiger partial charge in [-0.25, -0.2) is 5.06 Å². The zero-order valence-electron chi connectivity index (χ0n) is 17.5. The number of nitrogens with zero attached hydrogens (tertiary/aromatic N) is 1. The van der Waals surface area contributed by atoms with Crippen LogP contribution in [0.15, 0.2) is 0 Å². The Morgan fingerprint density at radius 1 is 0.964 bits per heavy atom. The van der Waals surface area contributed by atoms with Crippen molar-refractivity contribution >= 4 is 29.4 Å². The van der Waals surface area contributed by atoms with Crippen LogP contribution in [0.2, 0.25) is 0 Å². The second-order valence-corrected chi connectivity index (χ2v) is 11.2. The summed E-state index contributed by atoms with van der Waals surface area (Å²) in [5.74, 6) is 7.33. The number of carbonyl (C=O) groups excluding carboxylic acids is 1. The molecule has 3 fully saturated rings. The minimum atomic E-state index is -0.183. The SMILES string of the molecule is CN(O)C(=O)CCCCSC[C@H]1[C@@H](CCSCC2CCCCC2)[C@H]2CC[C@@H]1O2. The maximum absolute atomic E-state index is 11.4. The van der Waals surface area contributed by atoms with Crippen LogP contribution in [0.5, 0.6) is 0 Å². The Morgan fingerprint density at radius 3 is 2.43 bits per heavy atom. The van der Waals surface area contributed by atoms with Gasteiger partial charge in [-0.15, -0.1) is 0 Å². The maximum Gasteiger partial charge on any atom is 0.245 e. The van der Waals surface area contributed by atoms with Crippen LogP contribution in [-0.4, -0.2) is 58.4 Å². The van der Waals surface area contributed by atoms with Crippen LogP contribution < -0.4 is 0 Å². The first kappa shape index (κ1) is 22.8. The Kier molecular flexibility index (Phi) is 9.81. The lowest BCUT2D eigenvalue weighted by Gasteiger charge is -2.28. The molecule has 2 bridgehead atoms. The van der Waals surface area contributed by atoms with Crippen LogP contribution in [0.25, 0.3) is 0 Å². The van der Waals surface area contributed by atoms with Crippen molar-refractivity contribution in [2.24, 2.45) is 17.8 Å². The number of carbonyl (C=O) groups is 1. The minimum absolute atomic E-state index is 0.183. The summed E-state index contributed by atoms with van der Waals surface area (Å²) in [6.45, 7) is 0. The highest BCUT2D eigenvalue weighted by Crippen LogP contribution is 2.46. The first-order valence-electron chi connectivity index (χ1n) is 11.4. The van der Waals surface area contributed by atoms with Gasteiger partial charge in [-0.1, -0.05) is 19.3 Å². The van der Waals surface area contributed by atoms with Gasteiger partial charge in [0.25, 0.3) is 0 Å². The standard InChI is InChI=1S/C22H39NO3S2/c1-23(25)22(24)9-5-6-13-27-16-19-18(20-10-11-21(19)26-20)12-14-28-15-17-7-3-2-4-8-17/h17-21,25H,2-16H2,1H3/t18-,19+,20-,21+/m1/s1. The molecule has 28 heavy (non-hydrogen) atoms. The monoisotopic (exact) mass is 429 g/mol. The average molecular weight is 430 g/mol. The van der Waals surface area contributed by atoms with E-state index in [2.05, 4.69) is 11.8 Å². The van der Waals surface area contributed by atoms with Gasteiger partial charge in [0.2, 0.25) is 5.91 Å². The molecule has 1 N–H and O–H groups in total. The van der Waals surface area contributed by atoms with E-state index in [1.165, 1.54) is 75.7 Å². The highest BCUT2D eigenvalue weighted by atomic mass is 32.2. The van der Waals surface area contributed by atoms with Crippen LogP contribution in [0.1, 0.15) is 70.6 Å². The van der Waals surface area contributed by atoms with Gasteiger partial charge in [0, 0.05) is 13.5 Å². The van der Waals surface area contributed by atoms with Gasteiger partial charge < -0.3 is 4.74 Å². The number of amides is 1. The molecule has 0 aromatic rings. The van der Waals surface area contributed by atoms with E-state index in [0.29, 0.717) is 23.7 Å². The topological polar surface area (TPSA) is 49.8 Å². The van der Waals surface area contributed by atoms with Crippen molar-refractivity contribution in [3.05, 3.63) is 0 Å². The van der Waals surface area contributed by atoms with Gasteiger partial charge >= 0.3 is 0 Å². The summed E-state index contributed by atoms with van der Waals surface area (Å²) in [4.78, 5) is 11.4. The molecule has 2 heterocycles. The maximum atomic E-state index is 11.4. The number of hydrogen-bond donors (Lipinski definition) is 1. The first-order valence-corrected chi connectivity index (χ1v) is 13.7. The van der Waals surface area contributed by atoms with E-state index in [-0.39, 0.29) is 5.91 Å². The van der Waals surface area contributed by atoms with Crippen molar-refractivity contribution < 1.29 is 14.7 Å². The number of hydrogen-bond acceptors (Lipinski definition) is 5. The van der Waals surface area contributed by atoms with Gasteiger partial charge in [0.1, 0.15) is 0 Å². The lowest BCUT2D eigenvalue weighted by molar-refractivity contribution is -0.159. The molecule has 3 rings (SSSR count). The van der Waals surface area contributed by atoms with Crippen molar-refractivity contribution in [3.8, 4) is 0 Å². The van der Waals surface area contributed by atoms with Crippen LogP contribution in [0.3, 0.4) is 0 Å². The van der Waals surface area contributed by atoms with Crippen LogP contribution in [0.4, 0.5) is 0 Å². The third-order valence-electron chi connectivity index (χ3n) is 6.86. The van der Waals surface area contributed by atoms with E-state index in [9.17, 15) is 4.79 Å². The zero-order valence-corrected chi connectivity index (χ0v) is 19.2. The number of ether oxygens (including phenoxy) is 1. The van der Waals surface area contributed by atoms with E-state index in [1.54, 1.807) is 0 Å². The molecule has 4 atom stereocenters. The normalized spacial score (nSPS) is 30.1. The highest BCUT2D eigenvalue weighted by Gasteiger charge is 2.47. The first-order chi connectivity index (χ1) is 13.6. The predicted molar refractivity (Wildman–Crippen MR) is 119 cm³/mol. The molecule has 162 valence electrons. The number of thioether (sulfide) groups is 2. The quantitative estimate of drug-likeness (QED) is 0.261. The van der Waals surface area contributed by atoms with Gasteiger partial charge in [0.05, 0.1) is 12.2 Å². The van der Waals surface area contributed by atoms with Gasteiger partial charge in [-0.05, 0) is 85.7 Å². The van der Waals surface area contributed by atoms with E-state index in [1.807, 2.05) is 11.8 Å². The molecule has 1 amide bonds. The molecular formula is C22H39NO3S2. The van der Waals surface area contributed by atoms with E-state index in [0.717, 1.165) is 36.3 Å². The van der Waals surface area contributed by atoms with E-state index in [4.69, 9.17) is 9.94 Å². The summed E-state index contributed by atoms with van der Waals surface area (Å²) < 4.78 is 6.28. The molecule has 1 saturated carbocycles. The molecule has 3 aliphatic rings. The van der Waals surface area contributed by atoms with Gasteiger partial charge in [-0.2, -0.15) is 23.5 Å². The van der Waals surface area contributed by atoms with Crippen LogP contribution >= 0.6 is 23.5 Å². The largest absolute Gasteiger partial charge is 0.374 e. The van der Waals surface area contributed by atoms with Crippen LogP contribution in [-0.2, 0) is 9.53 Å². The number of unbranched alkanes of at least 4 members (excludes halogenated alkanes) is 1. The molecule has 6 heteroatoms. The molecule has 2 aliphatic heterocycles. The van der Waals surface area contributed by atoms with Crippen molar-refractivity contribution in [1.29, 1.82) is 0 Å². The molecule has 0 unspecified atom stereocenters. The van der Waals surface area contributed by atoms with Gasteiger partial charge in [0.15, 0.2) is 0 Å². The Morgan fingerprint density at radius 2 is 1.68 bits per heavy atom. The smallest absolute Gasteiger partial charge is 0.245 e. The Balaban J connectivity index is 1.29. The lowest BCUT2D eigenvalue weighted by atomic mass is 9.79. The Hall–Kier alpha value is 0.0900. The molecular weight excluding hydrogens is 390 g/mol. The minimum Gasteiger partial charge on any atom is -0.374 e. The summed E-state index contributed by atoms with van der Waals surface area (Å²) in [5.41, 5.74) is 0. The number of rotatable bonds is 12. The van der Waals surface area contributed by atoms with Crippen molar-refractivity contribution in [2.75, 3.05) is 30.1 Å². The zero-order chi connectivity index (χ0) is 19.8. The molecule has 2 saturated heterocycles. The number of hydroxylamine groups is 2. The third-order valence-corrected chi connectivity index (χ3v) is 9.29. The average Bonchev–Trinajstić information content (AvgIpc) is 3.30. The summed E-state index contributed by atoms with van der Waals surface area (Å²) in [6, 6.07) is 0. The van der Waals surface area contributed by atoms with Crippen molar-refractivity contribution in [1.82, 2.24) is 5.06 Å². The number of fused-ring (bicyclic) bond motifs is 2. The summed E-state index contributed by atoms with van der Waals surface area (Å²) >= 11 is 4.24. The molecule has 1 aliphatic carbocycles. The molecule has 0 aromatic heterocycles.